The zero-order valence-corrected chi connectivity index (χ0v) is 16.6. The van der Waals surface area contributed by atoms with Gasteiger partial charge in [-0.2, -0.15) is 5.10 Å². The maximum Gasteiger partial charge on any atom is 0.256 e. The standard InChI is InChI=1S/C20H30N4O4/c1-3-5-17(25)19(27)24-13-16(28-14-20(24)7-4-8-20)10-18(26)21-9-6-15-11-22-23(2)12-15/h3,5,11-12,16-17,25H,4,6-10,13-14H2,1-2H3,(H,21,26)/b5-3+. The zero-order valence-electron chi connectivity index (χ0n) is 16.6. The fraction of sp³-hybridized carbons (Fsp3) is 0.650. The van der Waals surface area contributed by atoms with E-state index in [0.29, 0.717) is 26.1 Å². The highest BCUT2D eigenvalue weighted by Crippen LogP contribution is 2.41. The highest BCUT2D eigenvalue weighted by atomic mass is 16.5. The fourth-order valence-electron chi connectivity index (χ4n) is 3.90. The molecule has 3 rings (SSSR count). The van der Waals surface area contributed by atoms with Crippen LogP contribution in [0.3, 0.4) is 0 Å². The Hall–Kier alpha value is -2.19. The van der Waals surface area contributed by atoms with Crippen LogP contribution in [0.2, 0.25) is 0 Å². The van der Waals surface area contributed by atoms with Gasteiger partial charge in [0.05, 0.1) is 30.9 Å². The van der Waals surface area contributed by atoms with E-state index in [0.717, 1.165) is 24.8 Å². The molecule has 1 aromatic rings. The molecule has 0 aromatic carbocycles. The third-order valence-corrected chi connectivity index (χ3v) is 5.63. The number of allylic oxidation sites excluding steroid dienone is 1. The van der Waals surface area contributed by atoms with E-state index in [4.69, 9.17) is 4.74 Å². The lowest BCUT2D eigenvalue weighted by Crippen LogP contribution is -2.66. The molecule has 154 valence electrons. The Labute approximate surface area is 165 Å². The van der Waals surface area contributed by atoms with Crippen molar-refractivity contribution in [2.75, 3.05) is 19.7 Å². The number of nitrogens with one attached hydrogen (secondary N) is 1. The van der Waals surface area contributed by atoms with Crippen LogP contribution in [0.4, 0.5) is 0 Å². The normalized spacial score (nSPS) is 22.2. The van der Waals surface area contributed by atoms with Crippen molar-refractivity contribution in [1.82, 2.24) is 20.0 Å². The minimum absolute atomic E-state index is 0.0974. The fourth-order valence-corrected chi connectivity index (χ4v) is 3.90. The van der Waals surface area contributed by atoms with Gasteiger partial charge in [-0.25, -0.2) is 0 Å². The molecule has 2 unspecified atom stereocenters. The first kappa shape index (κ1) is 20.5. The number of aryl methyl sites for hydroxylation is 1. The topological polar surface area (TPSA) is 96.7 Å². The van der Waals surface area contributed by atoms with Gasteiger partial charge >= 0.3 is 0 Å². The number of hydrogen-bond acceptors (Lipinski definition) is 5. The highest BCUT2D eigenvalue weighted by Gasteiger charge is 2.49. The van der Waals surface area contributed by atoms with E-state index in [1.54, 1.807) is 28.8 Å². The van der Waals surface area contributed by atoms with Crippen molar-refractivity contribution < 1.29 is 19.4 Å². The van der Waals surface area contributed by atoms with Gasteiger partial charge in [-0.1, -0.05) is 12.2 Å². The molecule has 2 amide bonds. The highest BCUT2D eigenvalue weighted by molar-refractivity contribution is 5.84. The van der Waals surface area contributed by atoms with Crippen LogP contribution in [0.1, 0.15) is 38.2 Å². The number of ether oxygens (including phenoxy) is 1. The number of morpholine rings is 1. The van der Waals surface area contributed by atoms with Gasteiger partial charge in [0.1, 0.15) is 0 Å². The van der Waals surface area contributed by atoms with Crippen LogP contribution in [0.15, 0.2) is 24.5 Å². The van der Waals surface area contributed by atoms with Crippen molar-refractivity contribution in [3.05, 3.63) is 30.1 Å². The van der Waals surface area contributed by atoms with Gasteiger partial charge < -0.3 is 20.1 Å². The number of nitrogens with zero attached hydrogens (tertiary/aromatic N) is 3. The molecule has 1 saturated heterocycles. The number of hydrogen-bond donors (Lipinski definition) is 2. The summed E-state index contributed by atoms with van der Waals surface area (Å²) in [7, 11) is 1.86. The molecule has 0 radical (unpaired) electrons. The number of aliphatic hydroxyl groups is 1. The average Bonchev–Trinajstić information content (AvgIpc) is 3.05. The third-order valence-electron chi connectivity index (χ3n) is 5.63. The molecule has 8 nitrogen and oxygen atoms in total. The summed E-state index contributed by atoms with van der Waals surface area (Å²) in [5.74, 6) is -0.400. The number of amides is 2. The maximum atomic E-state index is 12.7. The van der Waals surface area contributed by atoms with E-state index < -0.39 is 6.10 Å². The summed E-state index contributed by atoms with van der Waals surface area (Å²) in [6.07, 6.45) is 9.10. The predicted molar refractivity (Wildman–Crippen MR) is 103 cm³/mol. The average molecular weight is 390 g/mol. The quantitative estimate of drug-likeness (QED) is 0.663. The molecule has 1 spiro atoms. The minimum atomic E-state index is -1.14. The Balaban J connectivity index is 1.51. The van der Waals surface area contributed by atoms with Crippen LogP contribution >= 0.6 is 0 Å². The predicted octanol–water partition coefficient (Wildman–Crippen LogP) is 0.556. The van der Waals surface area contributed by atoms with E-state index in [9.17, 15) is 14.7 Å². The Morgan fingerprint density at radius 1 is 1.50 bits per heavy atom. The molecule has 2 heterocycles. The molecule has 1 aliphatic carbocycles. The summed E-state index contributed by atoms with van der Waals surface area (Å²) in [6, 6.07) is 0. The number of aliphatic hydroxyl groups excluding tert-OH is 1. The Kier molecular flexibility index (Phi) is 6.51. The van der Waals surface area contributed by atoms with Crippen LogP contribution in [0, 0.1) is 0 Å². The molecule has 1 aliphatic heterocycles. The molecule has 2 fully saturated rings. The van der Waals surface area contributed by atoms with Gasteiger partial charge in [0.15, 0.2) is 6.10 Å². The van der Waals surface area contributed by atoms with E-state index >= 15 is 0 Å². The SMILES string of the molecule is C/C=C/C(O)C(=O)N1CC(CC(=O)NCCc2cnn(C)c2)OCC12CCC2. The summed E-state index contributed by atoms with van der Waals surface area (Å²) in [4.78, 5) is 26.8. The lowest BCUT2D eigenvalue weighted by molar-refractivity contribution is -0.177. The van der Waals surface area contributed by atoms with Crippen LogP contribution in [-0.4, -0.2) is 69.0 Å². The smallest absolute Gasteiger partial charge is 0.256 e. The monoisotopic (exact) mass is 390 g/mol. The van der Waals surface area contributed by atoms with Gasteiger partial charge in [0.2, 0.25) is 5.91 Å². The van der Waals surface area contributed by atoms with Crippen LogP contribution in [-0.2, 0) is 27.8 Å². The Morgan fingerprint density at radius 3 is 2.89 bits per heavy atom. The van der Waals surface area contributed by atoms with E-state index in [1.807, 2.05) is 13.2 Å². The van der Waals surface area contributed by atoms with Gasteiger partial charge in [0.25, 0.3) is 5.91 Å². The second-order valence-electron chi connectivity index (χ2n) is 7.76. The summed E-state index contributed by atoms with van der Waals surface area (Å²) in [6.45, 7) is 3.07. The van der Waals surface area contributed by atoms with Gasteiger partial charge in [-0.15, -0.1) is 0 Å². The Bertz CT molecular complexity index is 726. The molecule has 1 saturated carbocycles. The molecule has 8 heteroatoms. The van der Waals surface area contributed by atoms with Crippen molar-refractivity contribution >= 4 is 11.8 Å². The van der Waals surface area contributed by atoms with Gasteiger partial charge in [-0.05, 0) is 38.2 Å². The second kappa shape index (κ2) is 8.87. The molecule has 1 aromatic heterocycles. The molecule has 28 heavy (non-hydrogen) atoms. The first-order chi connectivity index (χ1) is 13.4. The molecule has 2 atom stereocenters. The number of carbonyl (C=O) groups is 2. The van der Waals surface area contributed by atoms with Crippen molar-refractivity contribution in [3.8, 4) is 0 Å². The summed E-state index contributed by atoms with van der Waals surface area (Å²) in [5, 5.41) is 17.1. The van der Waals surface area contributed by atoms with Crippen LogP contribution in [0.25, 0.3) is 0 Å². The number of carbonyl (C=O) groups excluding carboxylic acids is 2. The molecular weight excluding hydrogens is 360 g/mol. The minimum Gasteiger partial charge on any atom is -0.379 e. The van der Waals surface area contributed by atoms with E-state index in [-0.39, 0.29) is 29.9 Å². The van der Waals surface area contributed by atoms with Crippen molar-refractivity contribution in [2.45, 2.75) is 56.8 Å². The van der Waals surface area contributed by atoms with E-state index in [2.05, 4.69) is 10.4 Å². The molecule has 0 bridgehead atoms. The largest absolute Gasteiger partial charge is 0.379 e. The lowest BCUT2D eigenvalue weighted by atomic mass is 9.74. The molecular formula is C20H30N4O4. The van der Waals surface area contributed by atoms with Gasteiger partial charge in [-0.3, -0.25) is 14.3 Å². The van der Waals surface area contributed by atoms with Crippen LogP contribution < -0.4 is 5.32 Å². The molecule has 2 N–H and O–H groups in total. The van der Waals surface area contributed by atoms with Crippen LogP contribution in [0.5, 0.6) is 0 Å². The van der Waals surface area contributed by atoms with Crippen molar-refractivity contribution in [3.63, 3.8) is 0 Å². The third kappa shape index (κ3) is 4.62. The number of rotatable bonds is 7. The summed E-state index contributed by atoms with van der Waals surface area (Å²) in [5.41, 5.74) is 0.755. The first-order valence-corrected chi connectivity index (χ1v) is 9.92. The van der Waals surface area contributed by atoms with Crippen molar-refractivity contribution in [1.29, 1.82) is 0 Å². The maximum absolute atomic E-state index is 12.7. The van der Waals surface area contributed by atoms with E-state index in [1.165, 1.54) is 6.08 Å². The first-order valence-electron chi connectivity index (χ1n) is 9.92. The van der Waals surface area contributed by atoms with Crippen molar-refractivity contribution in [2.24, 2.45) is 7.05 Å². The number of aromatic nitrogens is 2. The second-order valence-corrected chi connectivity index (χ2v) is 7.76. The van der Waals surface area contributed by atoms with Gasteiger partial charge in [0, 0.05) is 26.3 Å². The Morgan fingerprint density at radius 2 is 2.29 bits per heavy atom. The summed E-state index contributed by atoms with van der Waals surface area (Å²) >= 11 is 0. The zero-order chi connectivity index (χ0) is 20.1. The molecule has 2 aliphatic rings. The summed E-state index contributed by atoms with van der Waals surface area (Å²) < 4.78 is 7.66. The lowest BCUT2D eigenvalue weighted by Gasteiger charge is -2.54.